The van der Waals surface area contributed by atoms with Gasteiger partial charge in [0, 0.05) is 13.1 Å². The molecule has 5 heteroatoms. The van der Waals surface area contributed by atoms with Crippen molar-refractivity contribution in [2.75, 3.05) is 20.2 Å². The average molecular weight is 372 g/mol. The Bertz CT molecular complexity index is 947. The molecule has 0 saturated heterocycles. The van der Waals surface area contributed by atoms with Gasteiger partial charge in [0.05, 0.1) is 12.0 Å². The standard InChI is InChI=1S/C21H25NO3S/c1-15-14-20(25-4)16(2)17(3)21(15)26(23,24)22-12-10-19(11-13-22)18-8-6-5-7-9-18/h5-10,14H,11-13H2,1-4H3. The Labute approximate surface area is 156 Å². The summed E-state index contributed by atoms with van der Waals surface area (Å²) in [6.45, 7) is 6.48. The molecule has 2 aromatic rings. The van der Waals surface area contributed by atoms with Crippen LogP contribution in [0.2, 0.25) is 0 Å². The van der Waals surface area contributed by atoms with Crippen molar-refractivity contribution in [3.05, 3.63) is 64.7 Å². The zero-order valence-corrected chi connectivity index (χ0v) is 16.6. The van der Waals surface area contributed by atoms with Gasteiger partial charge in [-0.25, -0.2) is 8.42 Å². The highest BCUT2D eigenvalue weighted by molar-refractivity contribution is 7.89. The van der Waals surface area contributed by atoms with Crippen LogP contribution in [0.5, 0.6) is 5.75 Å². The van der Waals surface area contributed by atoms with Crippen molar-refractivity contribution in [3.63, 3.8) is 0 Å². The molecular weight excluding hydrogens is 346 g/mol. The van der Waals surface area contributed by atoms with E-state index in [-0.39, 0.29) is 0 Å². The third-order valence-electron chi connectivity index (χ3n) is 5.11. The summed E-state index contributed by atoms with van der Waals surface area (Å²) in [4.78, 5) is 0.410. The van der Waals surface area contributed by atoms with Gasteiger partial charge in [0.25, 0.3) is 0 Å². The highest BCUT2D eigenvalue weighted by atomic mass is 32.2. The number of rotatable bonds is 4. The SMILES string of the molecule is COc1cc(C)c(S(=O)(=O)N2CC=C(c3ccccc3)CC2)c(C)c1C. The van der Waals surface area contributed by atoms with Crippen LogP contribution in [0.3, 0.4) is 0 Å². The first-order chi connectivity index (χ1) is 12.4. The Hall–Kier alpha value is -2.11. The van der Waals surface area contributed by atoms with E-state index in [1.54, 1.807) is 11.4 Å². The minimum Gasteiger partial charge on any atom is -0.496 e. The van der Waals surface area contributed by atoms with Crippen molar-refractivity contribution >= 4 is 15.6 Å². The number of methoxy groups -OCH3 is 1. The number of hydrogen-bond acceptors (Lipinski definition) is 3. The average Bonchev–Trinajstić information content (AvgIpc) is 2.65. The van der Waals surface area contributed by atoms with E-state index in [2.05, 4.69) is 12.1 Å². The van der Waals surface area contributed by atoms with Crippen molar-refractivity contribution in [2.45, 2.75) is 32.1 Å². The van der Waals surface area contributed by atoms with E-state index in [1.807, 2.05) is 51.1 Å². The van der Waals surface area contributed by atoms with E-state index in [0.717, 1.165) is 34.4 Å². The summed E-state index contributed by atoms with van der Waals surface area (Å²) < 4.78 is 33.5. The maximum absolute atomic E-state index is 13.3. The molecule has 138 valence electrons. The van der Waals surface area contributed by atoms with Gasteiger partial charge >= 0.3 is 0 Å². The maximum Gasteiger partial charge on any atom is 0.243 e. The molecule has 0 spiro atoms. The van der Waals surface area contributed by atoms with Gasteiger partial charge in [-0.05, 0) is 61.1 Å². The van der Waals surface area contributed by atoms with Gasteiger partial charge in [0.1, 0.15) is 5.75 Å². The van der Waals surface area contributed by atoms with Gasteiger partial charge in [-0.2, -0.15) is 4.31 Å². The van der Waals surface area contributed by atoms with Crippen LogP contribution in [0.4, 0.5) is 0 Å². The van der Waals surface area contributed by atoms with Crippen molar-refractivity contribution in [3.8, 4) is 5.75 Å². The lowest BCUT2D eigenvalue weighted by molar-refractivity contribution is 0.409. The fourth-order valence-corrected chi connectivity index (χ4v) is 5.41. The van der Waals surface area contributed by atoms with Crippen LogP contribution in [0.25, 0.3) is 5.57 Å². The van der Waals surface area contributed by atoms with Crippen LogP contribution in [0, 0.1) is 20.8 Å². The smallest absolute Gasteiger partial charge is 0.243 e. The van der Waals surface area contributed by atoms with Gasteiger partial charge in [-0.15, -0.1) is 0 Å². The Morgan fingerprint density at radius 2 is 1.73 bits per heavy atom. The molecule has 3 rings (SSSR count). The van der Waals surface area contributed by atoms with Gasteiger partial charge < -0.3 is 4.74 Å². The summed E-state index contributed by atoms with van der Waals surface area (Å²) in [5.74, 6) is 0.726. The number of sulfonamides is 1. The number of nitrogens with zero attached hydrogens (tertiary/aromatic N) is 1. The van der Waals surface area contributed by atoms with Crippen LogP contribution in [0.1, 0.15) is 28.7 Å². The highest BCUT2D eigenvalue weighted by Gasteiger charge is 2.30. The summed E-state index contributed by atoms with van der Waals surface area (Å²) in [7, 11) is -1.94. The maximum atomic E-state index is 13.3. The van der Waals surface area contributed by atoms with Crippen LogP contribution in [0.15, 0.2) is 47.4 Å². The molecule has 2 aromatic carbocycles. The van der Waals surface area contributed by atoms with Crippen molar-refractivity contribution in [1.29, 1.82) is 0 Å². The minimum atomic E-state index is -3.54. The van der Waals surface area contributed by atoms with E-state index in [4.69, 9.17) is 4.74 Å². The van der Waals surface area contributed by atoms with Crippen molar-refractivity contribution < 1.29 is 13.2 Å². The molecule has 4 nitrogen and oxygen atoms in total. The van der Waals surface area contributed by atoms with Gasteiger partial charge in [0.15, 0.2) is 0 Å². The van der Waals surface area contributed by atoms with Gasteiger partial charge in [0.2, 0.25) is 10.0 Å². The second-order valence-electron chi connectivity index (χ2n) is 6.68. The zero-order valence-electron chi connectivity index (χ0n) is 15.7. The number of aryl methyl sites for hydroxylation is 1. The van der Waals surface area contributed by atoms with Crippen LogP contribution >= 0.6 is 0 Å². The lowest BCUT2D eigenvalue weighted by Gasteiger charge is -2.28. The Kier molecular flexibility index (Phi) is 5.21. The Balaban J connectivity index is 1.94. The van der Waals surface area contributed by atoms with Crippen LogP contribution in [-0.2, 0) is 10.0 Å². The quantitative estimate of drug-likeness (QED) is 0.813. The molecule has 0 bridgehead atoms. The van der Waals surface area contributed by atoms with Crippen molar-refractivity contribution in [1.82, 2.24) is 4.31 Å². The fourth-order valence-electron chi connectivity index (χ4n) is 3.54. The molecular formula is C21H25NO3S. The fraction of sp³-hybridized carbons (Fsp3) is 0.333. The minimum absolute atomic E-state index is 0.399. The molecule has 1 heterocycles. The molecule has 1 aliphatic heterocycles. The molecule has 0 amide bonds. The molecule has 26 heavy (non-hydrogen) atoms. The first kappa shape index (κ1) is 18.7. The normalized spacial score (nSPS) is 15.6. The monoisotopic (exact) mass is 371 g/mol. The van der Waals surface area contributed by atoms with Crippen LogP contribution < -0.4 is 4.74 Å². The van der Waals surface area contributed by atoms with Gasteiger partial charge in [-0.1, -0.05) is 36.4 Å². The summed E-state index contributed by atoms with van der Waals surface area (Å²) in [6, 6.07) is 11.9. The number of ether oxygens (including phenoxy) is 1. The van der Waals surface area contributed by atoms with E-state index >= 15 is 0 Å². The molecule has 0 fully saturated rings. The van der Waals surface area contributed by atoms with Crippen molar-refractivity contribution in [2.24, 2.45) is 0 Å². The van der Waals surface area contributed by atoms with E-state index < -0.39 is 10.0 Å². The summed E-state index contributed by atoms with van der Waals surface area (Å²) in [6.07, 6.45) is 2.74. The molecule has 0 aliphatic carbocycles. The lowest BCUT2D eigenvalue weighted by Crippen LogP contribution is -2.35. The number of hydrogen-bond donors (Lipinski definition) is 0. The Morgan fingerprint density at radius 1 is 1.04 bits per heavy atom. The highest BCUT2D eigenvalue weighted by Crippen LogP contribution is 2.33. The first-order valence-corrected chi connectivity index (χ1v) is 10.2. The molecule has 0 radical (unpaired) electrons. The van der Waals surface area contributed by atoms with E-state index in [0.29, 0.717) is 18.0 Å². The topological polar surface area (TPSA) is 46.6 Å². The number of benzene rings is 2. The predicted molar refractivity (Wildman–Crippen MR) is 105 cm³/mol. The second kappa shape index (κ2) is 7.25. The summed E-state index contributed by atoms with van der Waals surface area (Å²) >= 11 is 0. The summed E-state index contributed by atoms with van der Waals surface area (Å²) in [5, 5.41) is 0. The first-order valence-electron chi connectivity index (χ1n) is 8.75. The molecule has 0 N–H and O–H groups in total. The Morgan fingerprint density at radius 3 is 2.31 bits per heavy atom. The third kappa shape index (κ3) is 3.29. The molecule has 0 atom stereocenters. The lowest BCUT2D eigenvalue weighted by atomic mass is 10.0. The largest absolute Gasteiger partial charge is 0.496 e. The van der Waals surface area contributed by atoms with Gasteiger partial charge in [-0.3, -0.25) is 0 Å². The molecule has 0 unspecified atom stereocenters. The molecule has 1 aliphatic rings. The van der Waals surface area contributed by atoms with E-state index in [9.17, 15) is 8.42 Å². The molecule has 0 aromatic heterocycles. The van der Waals surface area contributed by atoms with Crippen LogP contribution in [-0.4, -0.2) is 32.9 Å². The zero-order chi connectivity index (χ0) is 18.9. The third-order valence-corrected chi connectivity index (χ3v) is 7.27. The predicted octanol–water partition coefficient (Wildman–Crippen LogP) is 4.10. The molecule has 0 saturated carbocycles. The van der Waals surface area contributed by atoms with E-state index in [1.165, 1.54) is 5.57 Å². The second-order valence-corrected chi connectivity index (χ2v) is 8.56. The summed E-state index contributed by atoms with van der Waals surface area (Å²) in [5.41, 5.74) is 4.73.